The SMILES string of the molecule is NN1C=Cc2ccccc2S1. The molecule has 1 aromatic rings. The van der Waals surface area contributed by atoms with E-state index in [9.17, 15) is 0 Å². The summed E-state index contributed by atoms with van der Waals surface area (Å²) in [6, 6.07) is 8.17. The summed E-state index contributed by atoms with van der Waals surface area (Å²) in [6.45, 7) is 0. The van der Waals surface area contributed by atoms with Crippen molar-refractivity contribution in [1.29, 1.82) is 0 Å². The largest absolute Gasteiger partial charge is 0.256 e. The van der Waals surface area contributed by atoms with Crippen molar-refractivity contribution in [1.82, 2.24) is 4.41 Å². The summed E-state index contributed by atoms with van der Waals surface area (Å²) in [4.78, 5) is 1.21. The van der Waals surface area contributed by atoms with E-state index >= 15 is 0 Å². The van der Waals surface area contributed by atoms with Crippen LogP contribution in [0.25, 0.3) is 6.08 Å². The van der Waals surface area contributed by atoms with Gasteiger partial charge in [-0.3, -0.25) is 4.41 Å². The zero-order valence-corrected chi connectivity index (χ0v) is 6.71. The average molecular weight is 164 g/mol. The highest BCUT2D eigenvalue weighted by atomic mass is 32.2. The molecule has 0 saturated carbocycles. The summed E-state index contributed by atoms with van der Waals surface area (Å²) < 4.78 is 1.60. The third kappa shape index (κ3) is 1.25. The maximum Gasteiger partial charge on any atom is 0.0373 e. The average Bonchev–Trinajstić information content (AvgIpc) is 2.04. The van der Waals surface area contributed by atoms with Gasteiger partial charge in [0.2, 0.25) is 0 Å². The number of nitrogens with zero attached hydrogens (tertiary/aromatic N) is 1. The maximum atomic E-state index is 5.56. The first-order valence-corrected chi connectivity index (χ1v) is 4.13. The Morgan fingerprint density at radius 2 is 2.09 bits per heavy atom. The van der Waals surface area contributed by atoms with Crippen LogP contribution in [0.1, 0.15) is 5.56 Å². The second kappa shape index (κ2) is 2.60. The molecule has 0 saturated heterocycles. The Labute approximate surface area is 69.8 Å². The molecule has 2 rings (SSSR count). The van der Waals surface area contributed by atoms with Crippen molar-refractivity contribution in [3.05, 3.63) is 36.0 Å². The zero-order chi connectivity index (χ0) is 7.68. The van der Waals surface area contributed by atoms with Crippen LogP contribution in [0.4, 0.5) is 0 Å². The van der Waals surface area contributed by atoms with Gasteiger partial charge in [-0.2, -0.15) is 0 Å². The van der Waals surface area contributed by atoms with Crippen LogP contribution in [0.15, 0.2) is 35.4 Å². The van der Waals surface area contributed by atoms with Crippen molar-refractivity contribution in [2.45, 2.75) is 4.90 Å². The summed E-state index contributed by atoms with van der Waals surface area (Å²) in [6.07, 6.45) is 3.86. The summed E-state index contributed by atoms with van der Waals surface area (Å²) in [7, 11) is 0. The van der Waals surface area contributed by atoms with Crippen LogP contribution in [0.5, 0.6) is 0 Å². The molecule has 0 bridgehead atoms. The molecule has 0 radical (unpaired) electrons. The maximum absolute atomic E-state index is 5.56. The van der Waals surface area contributed by atoms with E-state index in [4.69, 9.17) is 5.84 Å². The van der Waals surface area contributed by atoms with Crippen molar-refractivity contribution < 1.29 is 0 Å². The summed E-state index contributed by atoms with van der Waals surface area (Å²) in [5.41, 5.74) is 1.24. The third-order valence-corrected chi connectivity index (χ3v) is 2.42. The second-order valence-electron chi connectivity index (χ2n) is 2.30. The molecule has 56 valence electrons. The molecule has 1 aliphatic heterocycles. The molecule has 0 fully saturated rings. The zero-order valence-electron chi connectivity index (χ0n) is 5.90. The standard InChI is InChI=1S/C8H8N2S/c9-10-6-5-7-3-1-2-4-8(7)11-10/h1-6H,9H2. The van der Waals surface area contributed by atoms with Gasteiger partial charge in [-0.05, 0) is 17.7 Å². The van der Waals surface area contributed by atoms with Gasteiger partial charge < -0.3 is 0 Å². The van der Waals surface area contributed by atoms with Crippen LogP contribution in [0.2, 0.25) is 0 Å². The predicted octanol–water partition coefficient (Wildman–Crippen LogP) is 1.85. The smallest absolute Gasteiger partial charge is 0.0373 e. The highest BCUT2D eigenvalue weighted by molar-refractivity contribution is 7.97. The van der Waals surface area contributed by atoms with Gasteiger partial charge in [0.05, 0.1) is 0 Å². The van der Waals surface area contributed by atoms with E-state index in [0.29, 0.717) is 0 Å². The van der Waals surface area contributed by atoms with Gasteiger partial charge in [-0.25, -0.2) is 5.84 Å². The lowest BCUT2D eigenvalue weighted by atomic mass is 10.2. The van der Waals surface area contributed by atoms with Gasteiger partial charge >= 0.3 is 0 Å². The van der Waals surface area contributed by atoms with Crippen molar-refractivity contribution >= 4 is 18.0 Å². The number of nitrogens with two attached hydrogens (primary N) is 1. The van der Waals surface area contributed by atoms with Crippen LogP contribution in [-0.2, 0) is 0 Å². The minimum absolute atomic E-state index is 1.21. The Balaban J connectivity index is 2.46. The Hall–Kier alpha value is -0.930. The van der Waals surface area contributed by atoms with Crippen molar-refractivity contribution in [3.63, 3.8) is 0 Å². The van der Waals surface area contributed by atoms with Crippen molar-refractivity contribution in [3.8, 4) is 0 Å². The first-order chi connectivity index (χ1) is 5.36. The molecule has 0 atom stereocenters. The van der Waals surface area contributed by atoms with Gasteiger partial charge in [0, 0.05) is 23.0 Å². The molecular formula is C8H8N2S. The van der Waals surface area contributed by atoms with Gasteiger partial charge in [0.25, 0.3) is 0 Å². The highest BCUT2D eigenvalue weighted by Gasteiger charge is 2.06. The number of fused-ring (bicyclic) bond motifs is 1. The number of hydrogen-bond donors (Lipinski definition) is 1. The van der Waals surface area contributed by atoms with Gasteiger partial charge in [0.15, 0.2) is 0 Å². The number of benzene rings is 1. The minimum atomic E-state index is 1.21. The molecule has 11 heavy (non-hydrogen) atoms. The molecule has 0 amide bonds. The van der Waals surface area contributed by atoms with E-state index in [1.807, 2.05) is 24.4 Å². The van der Waals surface area contributed by atoms with E-state index in [1.165, 1.54) is 22.4 Å². The molecule has 0 spiro atoms. The van der Waals surface area contributed by atoms with Gasteiger partial charge in [-0.1, -0.05) is 18.2 Å². The van der Waals surface area contributed by atoms with Crippen LogP contribution in [0, 0.1) is 0 Å². The first-order valence-electron chi connectivity index (χ1n) is 3.35. The molecule has 2 nitrogen and oxygen atoms in total. The summed E-state index contributed by atoms with van der Waals surface area (Å²) in [5, 5.41) is 0. The summed E-state index contributed by atoms with van der Waals surface area (Å²) in [5.74, 6) is 5.56. The summed E-state index contributed by atoms with van der Waals surface area (Å²) >= 11 is 1.54. The molecule has 1 heterocycles. The Bertz CT molecular complexity index is 296. The monoisotopic (exact) mass is 164 g/mol. The van der Waals surface area contributed by atoms with E-state index in [1.54, 1.807) is 4.41 Å². The van der Waals surface area contributed by atoms with Gasteiger partial charge in [-0.15, -0.1) is 0 Å². The lowest BCUT2D eigenvalue weighted by Crippen LogP contribution is -2.17. The minimum Gasteiger partial charge on any atom is -0.256 e. The van der Waals surface area contributed by atoms with Crippen molar-refractivity contribution in [2.24, 2.45) is 5.84 Å². The van der Waals surface area contributed by atoms with Crippen LogP contribution >= 0.6 is 11.9 Å². The fourth-order valence-corrected chi connectivity index (χ4v) is 1.73. The van der Waals surface area contributed by atoms with Crippen LogP contribution in [-0.4, -0.2) is 4.41 Å². The van der Waals surface area contributed by atoms with Crippen LogP contribution < -0.4 is 5.84 Å². The number of rotatable bonds is 0. The van der Waals surface area contributed by atoms with E-state index in [0.717, 1.165) is 0 Å². The lowest BCUT2D eigenvalue weighted by molar-refractivity contribution is 0.672. The number of hydrogen-bond acceptors (Lipinski definition) is 3. The second-order valence-corrected chi connectivity index (χ2v) is 3.35. The van der Waals surface area contributed by atoms with Crippen LogP contribution in [0.3, 0.4) is 0 Å². The van der Waals surface area contributed by atoms with Gasteiger partial charge in [0.1, 0.15) is 0 Å². The molecule has 2 N–H and O–H groups in total. The van der Waals surface area contributed by atoms with E-state index in [-0.39, 0.29) is 0 Å². The Morgan fingerprint density at radius 3 is 3.00 bits per heavy atom. The Morgan fingerprint density at radius 1 is 1.27 bits per heavy atom. The molecule has 3 heteroatoms. The fourth-order valence-electron chi connectivity index (χ4n) is 0.999. The Kier molecular flexibility index (Phi) is 1.60. The normalized spacial score (nSPS) is 14.8. The predicted molar refractivity (Wildman–Crippen MR) is 47.4 cm³/mol. The quantitative estimate of drug-likeness (QED) is 0.468. The lowest BCUT2D eigenvalue weighted by Gasteiger charge is -2.17. The molecule has 1 aliphatic rings. The molecule has 0 unspecified atom stereocenters. The first kappa shape index (κ1) is 6.76. The fraction of sp³-hybridized carbons (Fsp3) is 0. The number of hydrazine groups is 1. The third-order valence-electron chi connectivity index (χ3n) is 1.52. The molecule has 1 aromatic carbocycles. The molecule has 0 aliphatic carbocycles. The molecular weight excluding hydrogens is 156 g/mol. The van der Waals surface area contributed by atoms with E-state index < -0.39 is 0 Å². The van der Waals surface area contributed by atoms with E-state index in [2.05, 4.69) is 12.1 Å². The highest BCUT2D eigenvalue weighted by Crippen LogP contribution is 2.29. The topological polar surface area (TPSA) is 29.3 Å². The van der Waals surface area contributed by atoms with Crippen molar-refractivity contribution in [2.75, 3.05) is 0 Å². The molecule has 0 aromatic heterocycles.